The van der Waals surface area contributed by atoms with Gasteiger partial charge in [-0.05, 0) is 97.2 Å². The number of thiophene rings is 1. The molecule has 4 heteroatoms. The van der Waals surface area contributed by atoms with Gasteiger partial charge in [-0.15, -0.1) is 11.3 Å². The van der Waals surface area contributed by atoms with Crippen LogP contribution in [0.25, 0.3) is 75.5 Å². The van der Waals surface area contributed by atoms with Crippen LogP contribution in [0.3, 0.4) is 0 Å². The molecule has 0 spiro atoms. The first-order chi connectivity index (χ1) is 29.2. The van der Waals surface area contributed by atoms with Crippen LogP contribution in [0.4, 0.5) is 0 Å². The van der Waals surface area contributed by atoms with Gasteiger partial charge in [0, 0.05) is 31.3 Å². The van der Waals surface area contributed by atoms with Gasteiger partial charge in [0.1, 0.15) is 12.0 Å². The fourth-order valence-electron chi connectivity index (χ4n) is 8.30. The first-order valence-corrected chi connectivity index (χ1v) is 20.8. The molecule has 0 saturated carbocycles. The number of hydrogen-bond acceptors (Lipinski definition) is 4. The molecule has 2 heterocycles. The first kappa shape index (κ1) is 34.8. The van der Waals surface area contributed by atoms with E-state index in [1.54, 1.807) is 0 Å². The topological polar surface area (TPSA) is 36.8 Å². The zero-order valence-electron chi connectivity index (χ0n) is 32.1. The maximum absolute atomic E-state index is 5.20. The molecule has 10 aromatic rings. The van der Waals surface area contributed by atoms with Crippen LogP contribution in [0.2, 0.25) is 0 Å². The Kier molecular flexibility index (Phi) is 8.76. The van der Waals surface area contributed by atoms with Gasteiger partial charge in [0.2, 0.25) is 0 Å². The van der Waals surface area contributed by atoms with Crippen molar-refractivity contribution in [2.75, 3.05) is 0 Å². The van der Waals surface area contributed by atoms with Gasteiger partial charge in [-0.2, -0.15) is 0 Å². The van der Waals surface area contributed by atoms with E-state index in [0.717, 1.165) is 33.7 Å². The smallest absolute Gasteiger partial charge is 0.159 e. The fourth-order valence-corrected chi connectivity index (χ4v) is 9.40. The molecule has 9 aromatic carbocycles. The third-order valence-corrected chi connectivity index (χ3v) is 12.5. The van der Waals surface area contributed by atoms with Crippen LogP contribution in [-0.2, 0) is 0 Å². The van der Waals surface area contributed by atoms with Crippen LogP contribution in [0.1, 0.15) is 22.9 Å². The molecule has 1 atom stereocenters. The van der Waals surface area contributed by atoms with Crippen molar-refractivity contribution in [1.29, 1.82) is 0 Å². The van der Waals surface area contributed by atoms with Crippen LogP contribution < -0.4 is 5.32 Å². The summed E-state index contributed by atoms with van der Waals surface area (Å²) in [7, 11) is 0. The summed E-state index contributed by atoms with van der Waals surface area (Å²) in [5.41, 5.74) is 12.5. The highest BCUT2D eigenvalue weighted by atomic mass is 32.1. The molecule has 1 aromatic heterocycles. The number of amidine groups is 2. The second-order valence-electron chi connectivity index (χ2n) is 15.0. The van der Waals surface area contributed by atoms with Gasteiger partial charge < -0.3 is 5.32 Å². The van der Waals surface area contributed by atoms with Crippen molar-refractivity contribution in [1.82, 2.24) is 5.32 Å². The van der Waals surface area contributed by atoms with E-state index in [1.807, 2.05) is 35.6 Å². The minimum atomic E-state index is -0.291. The Labute approximate surface area is 347 Å². The average molecular weight is 772 g/mol. The predicted octanol–water partition coefficient (Wildman–Crippen LogP) is 14.4. The van der Waals surface area contributed by atoms with Gasteiger partial charge in [-0.3, -0.25) is 0 Å². The standard InChI is InChI=1S/C55H37N3S/c1-3-12-36(13-4-1)37-24-26-40(27-25-37)54-56-53(39-15-5-2-6-16-39)57-55(58-54)47-22-11-21-45(34-47)43-19-9-17-41(32-43)42-18-10-20-44(33-42)46-29-30-50-49(35-46)52-48-23-8-7-14-38(48)28-31-51(52)59-50/h1-35,54H,(H,56,57,58). The van der Waals surface area contributed by atoms with E-state index in [0.29, 0.717) is 5.84 Å². The van der Waals surface area contributed by atoms with Crippen molar-refractivity contribution in [2.24, 2.45) is 9.98 Å². The summed E-state index contributed by atoms with van der Waals surface area (Å²) < 4.78 is 2.64. The van der Waals surface area contributed by atoms with E-state index in [2.05, 4.69) is 193 Å². The molecule has 1 aliphatic rings. The molecule has 0 radical (unpaired) electrons. The third kappa shape index (κ3) is 6.70. The highest BCUT2D eigenvalue weighted by molar-refractivity contribution is 7.26. The number of rotatable bonds is 7. The van der Waals surface area contributed by atoms with Crippen molar-refractivity contribution in [3.63, 3.8) is 0 Å². The molecular formula is C55H37N3S. The lowest BCUT2D eigenvalue weighted by molar-refractivity contribution is 0.674. The minimum Gasteiger partial charge on any atom is -0.344 e. The summed E-state index contributed by atoms with van der Waals surface area (Å²) in [6.07, 6.45) is -0.291. The molecule has 3 nitrogen and oxygen atoms in total. The fraction of sp³-hybridized carbons (Fsp3) is 0.0182. The second-order valence-corrected chi connectivity index (χ2v) is 16.1. The summed E-state index contributed by atoms with van der Waals surface area (Å²) in [5.74, 6) is 1.51. The first-order valence-electron chi connectivity index (χ1n) is 20.0. The zero-order chi connectivity index (χ0) is 39.1. The number of nitrogens with zero attached hydrogens (tertiary/aromatic N) is 2. The Bertz CT molecular complexity index is 3230. The van der Waals surface area contributed by atoms with Crippen LogP contribution in [0.5, 0.6) is 0 Å². The van der Waals surface area contributed by atoms with E-state index in [4.69, 9.17) is 9.98 Å². The number of nitrogens with one attached hydrogen (secondary N) is 1. The molecule has 0 fully saturated rings. The van der Waals surface area contributed by atoms with Gasteiger partial charge >= 0.3 is 0 Å². The molecule has 0 saturated heterocycles. The zero-order valence-corrected chi connectivity index (χ0v) is 32.9. The van der Waals surface area contributed by atoms with Crippen LogP contribution in [-0.4, -0.2) is 11.7 Å². The Hall–Kier alpha value is -7.40. The Balaban J connectivity index is 0.922. The monoisotopic (exact) mass is 771 g/mol. The van der Waals surface area contributed by atoms with E-state index < -0.39 is 0 Å². The van der Waals surface area contributed by atoms with Crippen molar-refractivity contribution >= 4 is 54.0 Å². The van der Waals surface area contributed by atoms with Gasteiger partial charge in [-0.25, -0.2) is 9.98 Å². The highest BCUT2D eigenvalue weighted by Gasteiger charge is 2.21. The van der Waals surface area contributed by atoms with Gasteiger partial charge in [0.25, 0.3) is 0 Å². The number of fused-ring (bicyclic) bond motifs is 5. The number of hydrogen-bond donors (Lipinski definition) is 1. The third-order valence-electron chi connectivity index (χ3n) is 11.3. The molecule has 0 aliphatic carbocycles. The molecule has 59 heavy (non-hydrogen) atoms. The normalized spacial score (nSPS) is 13.9. The van der Waals surface area contributed by atoms with Gasteiger partial charge in [0.05, 0.1) is 0 Å². The predicted molar refractivity (Wildman–Crippen MR) is 250 cm³/mol. The Morgan fingerprint density at radius 1 is 0.373 bits per heavy atom. The van der Waals surface area contributed by atoms with Gasteiger partial charge in [-0.1, -0.05) is 176 Å². The Morgan fingerprint density at radius 2 is 0.881 bits per heavy atom. The van der Waals surface area contributed by atoms with Gasteiger partial charge in [0.15, 0.2) is 5.84 Å². The second kappa shape index (κ2) is 14.8. The van der Waals surface area contributed by atoms with Crippen molar-refractivity contribution in [3.8, 4) is 44.5 Å². The van der Waals surface area contributed by atoms with Crippen LogP contribution in [0, 0.1) is 0 Å². The number of benzene rings is 9. The molecule has 1 N–H and O–H groups in total. The lowest BCUT2D eigenvalue weighted by Crippen LogP contribution is -2.33. The van der Waals surface area contributed by atoms with E-state index in [-0.39, 0.29) is 6.17 Å². The molecule has 0 bridgehead atoms. The SMILES string of the molecule is c1ccc(C2=NC(c3cccc(-c4cccc(-c5cccc(-c6ccc7sc8ccc9ccccc9c8c7c6)c5)c4)c3)=NC(c3ccc(-c4ccccc4)cc3)N2)cc1. The van der Waals surface area contributed by atoms with E-state index >= 15 is 0 Å². The summed E-state index contributed by atoms with van der Waals surface area (Å²) in [4.78, 5) is 10.3. The molecule has 11 rings (SSSR count). The summed E-state index contributed by atoms with van der Waals surface area (Å²) in [5, 5.41) is 8.87. The lowest BCUT2D eigenvalue weighted by Gasteiger charge is -2.24. The van der Waals surface area contributed by atoms with Crippen molar-refractivity contribution in [2.45, 2.75) is 6.17 Å². The maximum Gasteiger partial charge on any atom is 0.159 e. The lowest BCUT2D eigenvalue weighted by atomic mass is 9.95. The van der Waals surface area contributed by atoms with Crippen LogP contribution in [0.15, 0.2) is 222 Å². The maximum atomic E-state index is 5.20. The molecule has 278 valence electrons. The molecule has 1 unspecified atom stereocenters. The van der Waals surface area contributed by atoms with Crippen molar-refractivity contribution < 1.29 is 0 Å². The summed E-state index contributed by atoms with van der Waals surface area (Å²) in [6, 6.07) is 75.9. The Morgan fingerprint density at radius 3 is 1.56 bits per heavy atom. The summed E-state index contributed by atoms with van der Waals surface area (Å²) in [6.45, 7) is 0. The molecular weight excluding hydrogens is 735 g/mol. The molecule has 0 amide bonds. The number of aliphatic imine (C=N–C) groups is 2. The largest absolute Gasteiger partial charge is 0.344 e. The van der Waals surface area contributed by atoms with Crippen LogP contribution >= 0.6 is 11.3 Å². The summed E-state index contributed by atoms with van der Waals surface area (Å²) >= 11 is 1.87. The van der Waals surface area contributed by atoms with Crippen molar-refractivity contribution in [3.05, 3.63) is 229 Å². The highest BCUT2D eigenvalue weighted by Crippen LogP contribution is 2.41. The quantitative estimate of drug-likeness (QED) is 0.172. The average Bonchev–Trinajstić information content (AvgIpc) is 3.71. The molecule has 1 aliphatic heterocycles. The van der Waals surface area contributed by atoms with E-state index in [9.17, 15) is 0 Å². The van der Waals surface area contributed by atoms with E-state index in [1.165, 1.54) is 64.3 Å². The minimum absolute atomic E-state index is 0.291.